The van der Waals surface area contributed by atoms with E-state index in [1.807, 2.05) is 12.2 Å². The van der Waals surface area contributed by atoms with Crippen LogP contribution in [0.25, 0.3) is 0 Å². The van der Waals surface area contributed by atoms with Crippen LogP contribution in [-0.4, -0.2) is 29.2 Å². The van der Waals surface area contributed by atoms with E-state index in [0.717, 1.165) is 29.5 Å². The molecule has 2 bridgehead atoms. The van der Waals surface area contributed by atoms with Crippen molar-refractivity contribution < 1.29 is 27.6 Å². The van der Waals surface area contributed by atoms with Gasteiger partial charge >= 0.3 is 6.18 Å². The van der Waals surface area contributed by atoms with Crippen LogP contribution in [0, 0.1) is 23.7 Å². The normalized spacial score (nSPS) is 28.2. The molecule has 148 valence electrons. The van der Waals surface area contributed by atoms with Crippen molar-refractivity contribution in [3.05, 3.63) is 40.9 Å². The molecule has 1 saturated carbocycles. The maximum absolute atomic E-state index is 12.8. The molecule has 1 saturated heterocycles. The highest BCUT2D eigenvalue weighted by atomic mass is 35.5. The molecule has 3 aliphatic rings. The summed E-state index contributed by atoms with van der Waals surface area (Å²) in [5, 5.41) is 2.29. The number of halogens is 4. The molecule has 2 aliphatic carbocycles. The summed E-state index contributed by atoms with van der Waals surface area (Å²) in [5.41, 5.74) is -1.10. The Labute approximate surface area is 163 Å². The number of benzene rings is 1. The third-order valence-electron chi connectivity index (χ3n) is 5.69. The molecule has 28 heavy (non-hydrogen) atoms. The Kier molecular flexibility index (Phi) is 4.49. The first kappa shape index (κ1) is 19.0. The van der Waals surface area contributed by atoms with E-state index in [2.05, 4.69) is 5.32 Å². The summed E-state index contributed by atoms with van der Waals surface area (Å²) < 4.78 is 38.4. The second-order valence-electron chi connectivity index (χ2n) is 7.32. The lowest BCUT2D eigenvalue weighted by Crippen LogP contribution is -2.35. The number of likely N-dealkylation sites (tertiary alicyclic amines) is 1. The Balaban J connectivity index is 1.39. The fourth-order valence-electron chi connectivity index (χ4n) is 4.41. The first-order chi connectivity index (χ1) is 13.2. The molecule has 3 amide bonds. The number of amides is 3. The lowest BCUT2D eigenvalue weighted by atomic mass is 9.85. The van der Waals surface area contributed by atoms with E-state index < -0.39 is 17.6 Å². The average molecular weight is 413 g/mol. The number of hydrogen-bond acceptors (Lipinski definition) is 3. The van der Waals surface area contributed by atoms with E-state index in [0.29, 0.717) is 0 Å². The van der Waals surface area contributed by atoms with Gasteiger partial charge in [0, 0.05) is 13.0 Å². The molecule has 5 nitrogen and oxygen atoms in total. The molecule has 0 spiro atoms. The second-order valence-corrected chi connectivity index (χ2v) is 7.73. The Hall–Kier alpha value is -2.35. The summed E-state index contributed by atoms with van der Waals surface area (Å²) in [6.45, 7) is -0.105. The third-order valence-corrected chi connectivity index (χ3v) is 6.02. The number of allylic oxidation sites excluding steroid dienone is 2. The highest BCUT2D eigenvalue weighted by molar-refractivity contribution is 6.33. The summed E-state index contributed by atoms with van der Waals surface area (Å²) in [4.78, 5) is 38.4. The predicted octanol–water partition coefficient (Wildman–Crippen LogP) is 3.49. The van der Waals surface area contributed by atoms with Crippen molar-refractivity contribution in [2.45, 2.75) is 19.0 Å². The number of hydrogen-bond donors (Lipinski definition) is 1. The maximum atomic E-state index is 12.8. The van der Waals surface area contributed by atoms with E-state index in [-0.39, 0.29) is 59.2 Å². The SMILES string of the molecule is O=C(CCN1C(=O)[C@@H]2[C@@H](C1=O)[C@H]1C=C[C@H]2C1)Nc1cc(C(F)(F)F)ccc1Cl. The van der Waals surface area contributed by atoms with Crippen molar-refractivity contribution >= 4 is 35.0 Å². The molecule has 4 rings (SSSR count). The van der Waals surface area contributed by atoms with Crippen LogP contribution in [0.5, 0.6) is 0 Å². The number of carbonyl (C=O) groups excluding carboxylic acids is 3. The topological polar surface area (TPSA) is 66.5 Å². The van der Waals surface area contributed by atoms with Gasteiger partial charge in [-0.2, -0.15) is 13.2 Å². The van der Waals surface area contributed by atoms with Gasteiger partial charge < -0.3 is 5.32 Å². The Morgan fingerprint density at radius 3 is 2.32 bits per heavy atom. The average Bonchev–Trinajstić information content (AvgIpc) is 3.29. The fourth-order valence-corrected chi connectivity index (χ4v) is 4.57. The molecule has 0 aromatic heterocycles. The molecule has 4 atom stereocenters. The quantitative estimate of drug-likeness (QED) is 0.608. The van der Waals surface area contributed by atoms with Gasteiger partial charge in [0.25, 0.3) is 0 Å². The van der Waals surface area contributed by atoms with Crippen molar-refractivity contribution in [1.29, 1.82) is 0 Å². The number of nitrogens with one attached hydrogen (secondary N) is 1. The summed E-state index contributed by atoms with van der Waals surface area (Å²) in [6, 6.07) is 2.62. The van der Waals surface area contributed by atoms with Gasteiger partial charge in [-0.05, 0) is 36.5 Å². The van der Waals surface area contributed by atoms with Crippen molar-refractivity contribution in [1.82, 2.24) is 4.90 Å². The van der Waals surface area contributed by atoms with Crippen molar-refractivity contribution in [3.63, 3.8) is 0 Å². The minimum atomic E-state index is -4.57. The van der Waals surface area contributed by atoms with Gasteiger partial charge in [-0.1, -0.05) is 23.8 Å². The number of imide groups is 1. The zero-order chi connectivity index (χ0) is 20.2. The van der Waals surface area contributed by atoms with Crippen molar-refractivity contribution in [2.75, 3.05) is 11.9 Å². The summed E-state index contributed by atoms with van der Waals surface area (Å²) in [5.74, 6) is -1.69. The van der Waals surface area contributed by atoms with Crippen LogP contribution < -0.4 is 5.32 Å². The van der Waals surface area contributed by atoms with E-state index in [4.69, 9.17) is 11.6 Å². The maximum Gasteiger partial charge on any atom is 0.416 e. The van der Waals surface area contributed by atoms with E-state index in [1.54, 1.807) is 0 Å². The number of anilines is 1. The monoisotopic (exact) mass is 412 g/mol. The van der Waals surface area contributed by atoms with Gasteiger partial charge in [-0.25, -0.2) is 0 Å². The Bertz CT molecular complexity index is 869. The van der Waals surface area contributed by atoms with Gasteiger partial charge in [0.05, 0.1) is 28.1 Å². The van der Waals surface area contributed by atoms with Crippen molar-refractivity contribution in [3.8, 4) is 0 Å². The number of carbonyl (C=O) groups is 3. The number of rotatable bonds is 4. The van der Waals surface area contributed by atoms with Crippen LogP contribution in [0.1, 0.15) is 18.4 Å². The molecule has 1 N–H and O–H groups in total. The Morgan fingerprint density at radius 2 is 1.75 bits per heavy atom. The van der Waals surface area contributed by atoms with Crippen molar-refractivity contribution in [2.24, 2.45) is 23.7 Å². The number of fused-ring (bicyclic) bond motifs is 5. The summed E-state index contributed by atoms with van der Waals surface area (Å²) in [7, 11) is 0. The van der Waals surface area contributed by atoms with Gasteiger partial charge in [0.1, 0.15) is 0 Å². The molecule has 1 aromatic rings. The minimum Gasteiger partial charge on any atom is -0.325 e. The first-order valence-corrected chi connectivity index (χ1v) is 9.25. The minimum absolute atomic E-state index is 0.0353. The Morgan fingerprint density at radius 1 is 1.14 bits per heavy atom. The molecule has 1 heterocycles. The summed E-state index contributed by atoms with van der Waals surface area (Å²) >= 11 is 5.86. The fraction of sp³-hybridized carbons (Fsp3) is 0.421. The van der Waals surface area contributed by atoms with E-state index in [1.165, 1.54) is 0 Å². The van der Waals surface area contributed by atoms with E-state index in [9.17, 15) is 27.6 Å². The predicted molar refractivity (Wildman–Crippen MR) is 94.1 cm³/mol. The second kappa shape index (κ2) is 6.62. The van der Waals surface area contributed by atoms with Crippen LogP contribution >= 0.6 is 11.6 Å². The van der Waals surface area contributed by atoms with Crippen LogP contribution in [0.4, 0.5) is 18.9 Å². The first-order valence-electron chi connectivity index (χ1n) is 8.87. The lowest BCUT2D eigenvalue weighted by molar-refractivity contribution is -0.141. The van der Waals surface area contributed by atoms with Gasteiger partial charge in [0.15, 0.2) is 0 Å². The molecule has 0 unspecified atom stereocenters. The van der Waals surface area contributed by atoms with Crippen LogP contribution in [0.3, 0.4) is 0 Å². The smallest absolute Gasteiger partial charge is 0.325 e. The third kappa shape index (κ3) is 3.09. The molecule has 9 heteroatoms. The highest BCUT2D eigenvalue weighted by Crippen LogP contribution is 2.52. The molecule has 2 fully saturated rings. The van der Waals surface area contributed by atoms with Gasteiger partial charge in [-0.15, -0.1) is 0 Å². The largest absolute Gasteiger partial charge is 0.416 e. The van der Waals surface area contributed by atoms with Crippen LogP contribution in [0.15, 0.2) is 30.4 Å². The van der Waals surface area contributed by atoms with Crippen LogP contribution in [-0.2, 0) is 20.6 Å². The van der Waals surface area contributed by atoms with Gasteiger partial charge in [0.2, 0.25) is 17.7 Å². The number of nitrogens with zero attached hydrogens (tertiary/aromatic N) is 1. The van der Waals surface area contributed by atoms with Crippen LogP contribution in [0.2, 0.25) is 5.02 Å². The van der Waals surface area contributed by atoms with Gasteiger partial charge in [-0.3, -0.25) is 19.3 Å². The zero-order valence-electron chi connectivity index (χ0n) is 14.5. The molecule has 1 aliphatic heterocycles. The summed E-state index contributed by atoms with van der Waals surface area (Å²) in [6.07, 6.45) is -0.0171. The zero-order valence-corrected chi connectivity index (χ0v) is 15.3. The molecular formula is C19H16ClF3N2O3. The molecule has 1 aromatic carbocycles. The number of alkyl halides is 3. The standard InChI is InChI=1S/C19H16ClF3N2O3/c20-12-4-3-11(19(21,22)23)8-13(12)24-14(26)5-6-25-17(27)15-9-1-2-10(7-9)16(15)18(25)28/h1-4,8-10,15-16H,5-7H2,(H,24,26)/t9-,10-,15-,16-/m0/s1. The lowest BCUT2D eigenvalue weighted by Gasteiger charge is -2.17. The highest BCUT2D eigenvalue weighted by Gasteiger charge is 2.59. The molecular weight excluding hydrogens is 397 g/mol. The molecule has 0 radical (unpaired) electrons. The van der Waals surface area contributed by atoms with E-state index >= 15 is 0 Å².